The van der Waals surface area contributed by atoms with Crippen LogP contribution in [0.25, 0.3) is 0 Å². The van der Waals surface area contributed by atoms with E-state index in [1.807, 2.05) is 0 Å². The lowest BCUT2D eigenvalue weighted by molar-refractivity contribution is -0.0141. The van der Waals surface area contributed by atoms with Crippen molar-refractivity contribution in [2.45, 2.75) is 194 Å². The van der Waals surface area contributed by atoms with Crippen LogP contribution in [0.2, 0.25) is 0 Å². The highest BCUT2D eigenvalue weighted by molar-refractivity contribution is 5.58. The van der Waals surface area contributed by atoms with Gasteiger partial charge in [0.15, 0.2) is 0 Å². The third kappa shape index (κ3) is 33.2. The molecular weight excluding hydrogens is 472 g/mol. The van der Waals surface area contributed by atoms with E-state index in [2.05, 4.69) is 24.8 Å². The first-order valence-electron chi connectivity index (χ1n) is 17.1. The molecule has 0 radical (unpaired) electrons. The van der Waals surface area contributed by atoms with Gasteiger partial charge in [-0.1, -0.05) is 181 Å². The second-order valence-corrected chi connectivity index (χ2v) is 11.4. The Kier molecular flexibility index (Phi) is 33.5. The fraction of sp³-hybridized carbons (Fsp3) is 0.970. The average molecular weight is 541 g/mol. The standard InChI is InChI=1S/C33H68N2O3/c1-3-5-7-9-11-13-15-17-19-21-23-25-27-29-31-34-37-33(36)38-35-32-30-28-26-24-22-20-18-16-14-12-10-8-6-4-2/h34-35H,3-32H2,1-2H3. The topological polar surface area (TPSA) is 59.6 Å². The zero-order chi connectivity index (χ0) is 27.6. The van der Waals surface area contributed by atoms with Gasteiger partial charge in [0.2, 0.25) is 0 Å². The van der Waals surface area contributed by atoms with E-state index < -0.39 is 6.16 Å². The summed E-state index contributed by atoms with van der Waals surface area (Å²) in [6.45, 7) is 5.93. The third-order valence-electron chi connectivity index (χ3n) is 7.58. The molecular formula is C33H68N2O3. The number of hydrogen-bond donors (Lipinski definition) is 2. The predicted octanol–water partition coefficient (Wildman–Crippen LogP) is 11.1. The third-order valence-corrected chi connectivity index (χ3v) is 7.58. The van der Waals surface area contributed by atoms with Crippen LogP contribution in [-0.2, 0) is 9.68 Å². The Balaban J connectivity index is 3.14. The van der Waals surface area contributed by atoms with Gasteiger partial charge in [0, 0.05) is 13.1 Å². The van der Waals surface area contributed by atoms with Gasteiger partial charge in [-0.05, 0) is 12.8 Å². The number of carbonyl (C=O) groups is 1. The molecule has 38 heavy (non-hydrogen) atoms. The maximum Gasteiger partial charge on any atom is 0.547 e. The largest absolute Gasteiger partial charge is 0.547 e. The molecule has 5 heteroatoms. The molecule has 0 amide bonds. The molecule has 0 fully saturated rings. The fourth-order valence-corrected chi connectivity index (χ4v) is 5.02. The van der Waals surface area contributed by atoms with E-state index in [0.717, 1.165) is 12.8 Å². The summed E-state index contributed by atoms with van der Waals surface area (Å²) < 4.78 is 0. The smallest absolute Gasteiger partial charge is 0.337 e. The highest BCUT2D eigenvalue weighted by atomic mass is 16.9. The summed E-state index contributed by atoms with van der Waals surface area (Å²) in [6, 6.07) is 0. The lowest BCUT2D eigenvalue weighted by Crippen LogP contribution is -2.27. The van der Waals surface area contributed by atoms with Gasteiger partial charge in [0.05, 0.1) is 0 Å². The minimum Gasteiger partial charge on any atom is -0.337 e. The van der Waals surface area contributed by atoms with Gasteiger partial charge in [-0.3, -0.25) is 0 Å². The molecule has 5 nitrogen and oxygen atoms in total. The van der Waals surface area contributed by atoms with Crippen LogP contribution in [0.4, 0.5) is 4.79 Å². The van der Waals surface area contributed by atoms with Gasteiger partial charge < -0.3 is 9.68 Å². The van der Waals surface area contributed by atoms with Crippen molar-refractivity contribution < 1.29 is 14.5 Å². The van der Waals surface area contributed by atoms with Gasteiger partial charge in [-0.2, -0.15) is 4.79 Å². The average Bonchev–Trinajstić information content (AvgIpc) is 2.92. The first-order chi connectivity index (χ1) is 18.8. The predicted molar refractivity (Wildman–Crippen MR) is 164 cm³/mol. The van der Waals surface area contributed by atoms with E-state index >= 15 is 0 Å². The fourth-order valence-electron chi connectivity index (χ4n) is 5.02. The molecule has 0 saturated carbocycles. The molecule has 228 valence electrons. The van der Waals surface area contributed by atoms with Gasteiger partial charge in [-0.25, -0.2) is 0 Å². The van der Waals surface area contributed by atoms with Crippen LogP contribution >= 0.6 is 0 Å². The summed E-state index contributed by atoms with van der Waals surface area (Å²) in [4.78, 5) is 21.4. The normalized spacial score (nSPS) is 11.2. The van der Waals surface area contributed by atoms with Crippen molar-refractivity contribution in [1.29, 1.82) is 0 Å². The zero-order valence-corrected chi connectivity index (χ0v) is 25.9. The number of carbonyl (C=O) groups excluding carboxylic acids is 1. The molecule has 0 spiro atoms. The molecule has 0 aromatic heterocycles. The van der Waals surface area contributed by atoms with Crippen molar-refractivity contribution in [3.05, 3.63) is 0 Å². The summed E-state index contributed by atoms with van der Waals surface area (Å²) in [7, 11) is 0. The maximum atomic E-state index is 11.6. The Labute approximate surface area is 238 Å². The maximum absolute atomic E-state index is 11.6. The molecule has 0 atom stereocenters. The minimum atomic E-state index is -0.694. The van der Waals surface area contributed by atoms with E-state index in [9.17, 15) is 4.79 Å². The summed E-state index contributed by atoms with van der Waals surface area (Å²) in [6.07, 6.45) is 36.9. The molecule has 0 aromatic rings. The summed E-state index contributed by atoms with van der Waals surface area (Å²) in [5.74, 6) is 0. The van der Waals surface area contributed by atoms with Crippen molar-refractivity contribution >= 4 is 6.16 Å². The van der Waals surface area contributed by atoms with E-state index in [1.165, 1.54) is 167 Å². The molecule has 2 N–H and O–H groups in total. The van der Waals surface area contributed by atoms with Crippen LogP contribution in [0.3, 0.4) is 0 Å². The molecule has 0 aromatic carbocycles. The van der Waals surface area contributed by atoms with Crippen molar-refractivity contribution in [3.8, 4) is 0 Å². The van der Waals surface area contributed by atoms with Crippen LogP contribution in [0.15, 0.2) is 0 Å². The summed E-state index contributed by atoms with van der Waals surface area (Å²) in [5, 5.41) is 0. The van der Waals surface area contributed by atoms with Crippen molar-refractivity contribution in [2.24, 2.45) is 0 Å². The summed E-state index contributed by atoms with van der Waals surface area (Å²) >= 11 is 0. The zero-order valence-electron chi connectivity index (χ0n) is 25.9. The van der Waals surface area contributed by atoms with Crippen LogP contribution in [0, 0.1) is 0 Å². The molecule has 0 aliphatic heterocycles. The van der Waals surface area contributed by atoms with Gasteiger partial charge in [-0.15, -0.1) is 11.0 Å². The van der Waals surface area contributed by atoms with Gasteiger partial charge in [0.1, 0.15) is 0 Å². The minimum absolute atomic E-state index is 0.687. The van der Waals surface area contributed by atoms with Gasteiger partial charge in [0.25, 0.3) is 0 Å². The molecule has 0 heterocycles. The van der Waals surface area contributed by atoms with Crippen LogP contribution in [0.1, 0.15) is 194 Å². The Morgan fingerprint density at radius 3 is 0.816 bits per heavy atom. The first kappa shape index (κ1) is 37.2. The Bertz CT molecular complexity index is 410. The van der Waals surface area contributed by atoms with E-state index in [-0.39, 0.29) is 0 Å². The molecule has 0 bridgehead atoms. The number of hydrogen-bond acceptors (Lipinski definition) is 5. The Morgan fingerprint density at radius 1 is 0.368 bits per heavy atom. The molecule has 0 unspecified atom stereocenters. The van der Waals surface area contributed by atoms with Crippen molar-refractivity contribution in [2.75, 3.05) is 13.1 Å². The van der Waals surface area contributed by atoms with Crippen molar-refractivity contribution in [1.82, 2.24) is 11.0 Å². The lowest BCUT2D eigenvalue weighted by atomic mass is 10.0. The number of rotatable bonds is 32. The highest BCUT2D eigenvalue weighted by Gasteiger charge is 2.03. The molecule has 0 aliphatic carbocycles. The van der Waals surface area contributed by atoms with Crippen molar-refractivity contribution in [3.63, 3.8) is 0 Å². The monoisotopic (exact) mass is 541 g/mol. The number of unbranched alkanes of at least 4 members (excludes halogenated alkanes) is 26. The Morgan fingerprint density at radius 2 is 0.579 bits per heavy atom. The first-order valence-corrected chi connectivity index (χ1v) is 17.1. The van der Waals surface area contributed by atoms with Crippen LogP contribution < -0.4 is 11.0 Å². The quantitative estimate of drug-likeness (QED) is 0.0656. The second-order valence-electron chi connectivity index (χ2n) is 11.4. The SMILES string of the molecule is CCCCCCCCCCCCCCCCNOC(=O)ONCCCCCCCCCCCCCCCC. The number of hydroxylamine groups is 2. The van der Waals surface area contributed by atoms with Gasteiger partial charge >= 0.3 is 6.16 Å². The van der Waals surface area contributed by atoms with E-state index in [1.54, 1.807) is 0 Å². The molecule has 0 saturated heterocycles. The second kappa shape index (κ2) is 34.2. The number of nitrogens with one attached hydrogen (secondary N) is 2. The van der Waals surface area contributed by atoms with Crippen LogP contribution in [0.5, 0.6) is 0 Å². The lowest BCUT2D eigenvalue weighted by Gasteiger charge is -2.07. The summed E-state index contributed by atoms with van der Waals surface area (Å²) in [5.41, 5.74) is 5.44. The molecule has 0 rings (SSSR count). The van der Waals surface area contributed by atoms with E-state index in [0.29, 0.717) is 13.1 Å². The molecule has 0 aliphatic rings. The Hall–Kier alpha value is -0.810. The highest BCUT2D eigenvalue weighted by Crippen LogP contribution is 2.14. The van der Waals surface area contributed by atoms with E-state index in [4.69, 9.17) is 9.68 Å². The van der Waals surface area contributed by atoms with Crippen LogP contribution in [-0.4, -0.2) is 19.2 Å².